The molecule has 0 aliphatic heterocycles. The van der Waals surface area contributed by atoms with Crippen molar-refractivity contribution in [2.45, 2.75) is 0 Å². The number of allylic oxidation sites excluding steroid dienone is 1. The van der Waals surface area contributed by atoms with Gasteiger partial charge >= 0.3 is 0 Å². The quantitative estimate of drug-likeness (QED) is 0.582. The average molecular weight is 303 g/mol. The van der Waals surface area contributed by atoms with Crippen LogP contribution in [0.4, 0.5) is 0 Å². The van der Waals surface area contributed by atoms with E-state index in [0.29, 0.717) is 0 Å². The predicted octanol–water partition coefficient (Wildman–Crippen LogP) is 3.09. The van der Waals surface area contributed by atoms with E-state index >= 15 is 0 Å². The fraction of sp³-hybridized carbons (Fsp3) is 0.111. The van der Waals surface area contributed by atoms with Crippen LogP contribution in [0.15, 0.2) is 36.4 Å². The van der Waals surface area contributed by atoms with E-state index in [9.17, 15) is 0 Å². The van der Waals surface area contributed by atoms with Crippen molar-refractivity contribution in [3.8, 4) is 0 Å². The van der Waals surface area contributed by atoms with E-state index < -0.39 is 0 Å². The van der Waals surface area contributed by atoms with Crippen molar-refractivity contribution < 1.29 is 20.4 Å². The average Bonchev–Trinajstić information content (AvgIpc) is 2.03. The molecule has 0 nitrogen and oxygen atoms in total. The van der Waals surface area contributed by atoms with Gasteiger partial charge in [-0.3, -0.25) is 0 Å². The van der Waals surface area contributed by atoms with Gasteiger partial charge in [-0.05, 0) is 5.56 Å². The molecule has 62 valence electrons. The molecule has 0 fully saturated rings. The number of alkyl halides is 1. The molecular weight excluding hydrogens is 294 g/mol. The van der Waals surface area contributed by atoms with Gasteiger partial charge in [0.2, 0.25) is 0 Å². The van der Waals surface area contributed by atoms with E-state index in [1.165, 1.54) is 5.56 Å². The van der Waals surface area contributed by atoms with Crippen molar-refractivity contribution in [2.75, 3.05) is 5.33 Å². The first-order valence-electron chi connectivity index (χ1n) is 3.21. The second-order valence-corrected chi connectivity index (χ2v) is 2.61. The van der Waals surface area contributed by atoms with Gasteiger partial charge in [-0.25, -0.2) is 0 Å². The van der Waals surface area contributed by atoms with Gasteiger partial charge in [0.15, 0.2) is 0 Å². The Morgan fingerprint density at radius 3 is 2.36 bits per heavy atom. The first-order valence-corrected chi connectivity index (χ1v) is 4.33. The van der Waals surface area contributed by atoms with Gasteiger partial charge in [0.05, 0.1) is 0 Å². The van der Waals surface area contributed by atoms with Crippen LogP contribution in [-0.2, 0) is 20.4 Å². The summed E-state index contributed by atoms with van der Waals surface area (Å²) in [6.45, 7) is 0. The van der Waals surface area contributed by atoms with Crippen LogP contribution in [0.5, 0.6) is 0 Å². The third kappa shape index (κ3) is 4.53. The molecule has 0 aliphatic carbocycles. The Balaban J connectivity index is 0.000001000. The minimum Gasteiger partial charge on any atom is -0.0883 e. The molecule has 0 bridgehead atoms. The monoisotopic (exact) mass is 302 g/mol. The molecule has 11 heavy (non-hydrogen) atoms. The van der Waals surface area contributed by atoms with Crippen LogP contribution in [0.2, 0.25) is 0 Å². The molecule has 0 N–H and O–H groups in total. The molecular formula is C9H9BrPd. The van der Waals surface area contributed by atoms with E-state index in [-0.39, 0.29) is 20.4 Å². The molecule has 1 aromatic rings. The van der Waals surface area contributed by atoms with Crippen LogP contribution in [-0.4, -0.2) is 5.33 Å². The number of hydrogen-bond acceptors (Lipinski definition) is 0. The van der Waals surface area contributed by atoms with Gasteiger partial charge in [-0.2, -0.15) is 0 Å². The van der Waals surface area contributed by atoms with Gasteiger partial charge in [-0.15, -0.1) is 0 Å². The Hall–Kier alpha value is 0.102. The first kappa shape index (κ1) is 11.1. The fourth-order valence-corrected chi connectivity index (χ4v) is 0.932. The standard InChI is InChI=1S/C9H9Br.Pd/c10-8-4-7-9-5-2-1-3-6-9;/h1-7H,8H2;/b7-4+;. The topological polar surface area (TPSA) is 0 Å². The van der Waals surface area contributed by atoms with Crippen LogP contribution < -0.4 is 0 Å². The van der Waals surface area contributed by atoms with Crippen molar-refractivity contribution in [1.82, 2.24) is 0 Å². The molecule has 0 aliphatic rings. The molecule has 0 amide bonds. The summed E-state index contributed by atoms with van der Waals surface area (Å²) in [6.07, 6.45) is 4.17. The van der Waals surface area contributed by atoms with E-state index in [4.69, 9.17) is 0 Å². The number of rotatable bonds is 2. The second-order valence-electron chi connectivity index (χ2n) is 1.97. The maximum absolute atomic E-state index is 3.32. The van der Waals surface area contributed by atoms with Gasteiger partial charge in [-0.1, -0.05) is 58.4 Å². The van der Waals surface area contributed by atoms with Gasteiger partial charge in [0, 0.05) is 25.8 Å². The first-order chi connectivity index (χ1) is 4.93. The van der Waals surface area contributed by atoms with Crippen molar-refractivity contribution in [3.05, 3.63) is 42.0 Å². The molecule has 0 radical (unpaired) electrons. The van der Waals surface area contributed by atoms with E-state index in [1.54, 1.807) is 0 Å². The van der Waals surface area contributed by atoms with Crippen LogP contribution in [0.1, 0.15) is 5.56 Å². The fourth-order valence-electron chi connectivity index (χ4n) is 0.745. The largest absolute Gasteiger partial charge is 0.0883 e. The van der Waals surface area contributed by atoms with Crippen molar-refractivity contribution in [3.63, 3.8) is 0 Å². The maximum atomic E-state index is 3.32. The second kappa shape index (κ2) is 6.79. The normalized spacial score (nSPS) is 9.55. The number of benzene rings is 1. The van der Waals surface area contributed by atoms with Gasteiger partial charge < -0.3 is 0 Å². The van der Waals surface area contributed by atoms with E-state index in [1.807, 2.05) is 18.2 Å². The Bertz CT molecular complexity index is 206. The number of halogens is 1. The molecule has 1 aromatic carbocycles. The third-order valence-electron chi connectivity index (χ3n) is 1.20. The van der Waals surface area contributed by atoms with Gasteiger partial charge in [0.25, 0.3) is 0 Å². The Labute approximate surface area is 89.5 Å². The molecule has 2 heteroatoms. The molecule has 0 saturated heterocycles. The molecule has 0 atom stereocenters. The van der Waals surface area contributed by atoms with Crippen molar-refractivity contribution in [1.29, 1.82) is 0 Å². The SMILES string of the molecule is BrC/C=C/c1ccccc1.[Pd]. The summed E-state index contributed by atoms with van der Waals surface area (Å²) in [6, 6.07) is 10.3. The van der Waals surface area contributed by atoms with Gasteiger partial charge in [0.1, 0.15) is 0 Å². The van der Waals surface area contributed by atoms with Crippen LogP contribution in [0.25, 0.3) is 6.08 Å². The summed E-state index contributed by atoms with van der Waals surface area (Å²) >= 11 is 3.32. The van der Waals surface area contributed by atoms with E-state index in [0.717, 1.165) is 5.33 Å². The Kier molecular flexibility index (Phi) is 6.85. The zero-order valence-corrected chi connectivity index (χ0v) is 9.08. The van der Waals surface area contributed by atoms with Crippen molar-refractivity contribution in [2.24, 2.45) is 0 Å². The molecule has 1 rings (SSSR count). The van der Waals surface area contributed by atoms with E-state index in [2.05, 4.69) is 40.2 Å². The van der Waals surface area contributed by atoms with Crippen LogP contribution >= 0.6 is 15.9 Å². The molecule has 0 heterocycles. The number of hydrogen-bond donors (Lipinski definition) is 0. The summed E-state index contributed by atoms with van der Waals surface area (Å²) in [7, 11) is 0. The predicted molar refractivity (Wildman–Crippen MR) is 49.3 cm³/mol. The minimum atomic E-state index is 0. The summed E-state index contributed by atoms with van der Waals surface area (Å²) < 4.78 is 0. The van der Waals surface area contributed by atoms with Crippen molar-refractivity contribution >= 4 is 22.0 Å². The summed E-state index contributed by atoms with van der Waals surface area (Å²) in [5.74, 6) is 0. The van der Waals surface area contributed by atoms with Crippen LogP contribution in [0.3, 0.4) is 0 Å². The smallest absolute Gasteiger partial charge is 0.0215 e. The molecule has 0 unspecified atom stereocenters. The zero-order chi connectivity index (χ0) is 7.23. The molecule has 0 saturated carbocycles. The molecule has 0 spiro atoms. The summed E-state index contributed by atoms with van der Waals surface area (Å²) in [5.41, 5.74) is 1.25. The Morgan fingerprint density at radius 1 is 1.18 bits per heavy atom. The third-order valence-corrected chi connectivity index (χ3v) is 1.57. The summed E-state index contributed by atoms with van der Waals surface area (Å²) in [4.78, 5) is 0. The minimum absolute atomic E-state index is 0. The van der Waals surface area contributed by atoms with Crippen LogP contribution in [0, 0.1) is 0 Å². The Morgan fingerprint density at radius 2 is 1.82 bits per heavy atom. The summed E-state index contributed by atoms with van der Waals surface area (Å²) in [5, 5.41) is 0.919. The zero-order valence-electron chi connectivity index (χ0n) is 5.94. The molecule has 0 aromatic heterocycles. The maximum Gasteiger partial charge on any atom is 0.0215 e.